The maximum Gasteiger partial charge on any atom is 0.132 e. The number of methoxy groups -OCH3 is 2. The van der Waals surface area contributed by atoms with Gasteiger partial charge in [0, 0.05) is 17.0 Å². The molecule has 0 saturated carbocycles. The van der Waals surface area contributed by atoms with E-state index in [1.165, 1.54) is 0 Å². The third-order valence-electron chi connectivity index (χ3n) is 2.60. The molecule has 0 bridgehead atoms. The van der Waals surface area contributed by atoms with Crippen molar-refractivity contribution in [1.82, 2.24) is 4.98 Å². The first kappa shape index (κ1) is 11.9. The summed E-state index contributed by atoms with van der Waals surface area (Å²) in [7, 11) is 3.32. The summed E-state index contributed by atoms with van der Waals surface area (Å²) in [5.74, 6) is 1.60. The van der Waals surface area contributed by atoms with E-state index in [1.54, 1.807) is 25.6 Å². The Hall–Kier alpha value is -1.55. The summed E-state index contributed by atoms with van der Waals surface area (Å²) in [6, 6.07) is 3.88. The number of aromatic nitrogens is 1. The van der Waals surface area contributed by atoms with Crippen molar-refractivity contribution in [2.45, 2.75) is 13.8 Å². The monoisotopic (exact) mass is 249 g/mol. The van der Waals surface area contributed by atoms with Crippen molar-refractivity contribution in [3.05, 3.63) is 28.1 Å². The fourth-order valence-electron chi connectivity index (χ4n) is 1.81. The standard InChI is InChI=1S/C13H15NO2S/c1-8-5-10(15-3)6-12(16-4)13(8)11-7-17-9(2)14-11/h5-7H,1-4H3. The van der Waals surface area contributed by atoms with Gasteiger partial charge in [-0.3, -0.25) is 0 Å². The summed E-state index contributed by atoms with van der Waals surface area (Å²) in [6.07, 6.45) is 0. The highest BCUT2D eigenvalue weighted by Crippen LogP contribution is 2.36. The minimum Gasteiger partial charge on any atom is -0.497 e. The quantitative estimate of drug-likeness (QED) is 0.835. The highest BCUT2D eigenvalue weighted by atomic mass is 32.1. The molecule has 3 nitrogen and oxygen atoms in total. The predicted molar refractivity (Wildman–Crippen MR) is 70.1 cm³/mol. The number of hydrogen-bond donors (Lipinski definition) is 0. The summed E-state index contributed by atoms with van der Waals surface area (Å²) in [6.45, 7) is 4.04. The Morgan fingerprint density at radius 3 is 2.41 bits per heavy atom. The van der Waals surface area contributed by atoms with E-state index < -0.39 is 0 Å². The summed E-state index contributed by atoms with van der Waals surface area (Å²) >= 11 is 1.64. The van der Waals surface area contributed by atoms with Crippen LogP contribution in [0.2, 0.25) is 0 Å². The molecule has 4 heteroatoms. The zero-order chi connectivity index (χ0) is 12.4. The highest BCUT2D eigenvalue weighted by Gasteiger charge is 2.13. The smallest absolute Gasteiger partial charge is 0.132 e. The Morgan fingerprint density at radius 1 is 1.12 bits per heavy atom. The Bertz CT molecular complexity index is 534. The lowest BCUT2D eigenvalue weighted by Gasteiger charge is -2.12. The molecule has 0 spiro atoms. The van der Waals surface area contributed by atoms with E-state index in [4.69, 9.17) is 9.47 Å². The van der Waals surface area contributed by atoms with Gasteiger partial charge in [-0.1, -0.05) is 0 Å². The molecule has 0 atom stereocenters. The van der Waals surface area contributed by atoms with Crippen molar-refractivity contribution in [1.29, 1.82) is 0 Å². The summed E-state index contributed by atoms with van der Waals surface area (Å²) in [4.78, 5) is 4.50. The fourth-order valence-corrected chi connectivity index (χ4v) is 2.41. The Labute approximate surface area is 105 Å². The molecule has 2 aromatic rings. The number of hydrogen-bond acceptors (Lipinski definition) is 4. The van der Waals surface area contributed by atoms with Crippen LogP contribution < -0.4 is 9.47 Å². The number of thiazole rings is 1. The van der Waals surface area contributed by atoms with E-state index in [0.29, 0.717) is 0 Å². The van der Waals surface area contributed by atoms with Gasteiger partial charge in [0.25, 0.3) is 0 Å². The van der Waals surface area contributed by atoms with Crippen molar-refractivity contribution in [3.8, 4) is 22.8 Å². The molecule has 1 aromatic carbocycles. The van der Waals surface area contributed by atoms with Gasteiger partial charge in [0.2, 0.25) is 0 Å². The van der Waals surface area contributed by atoms with Gasteiger partial charge in [-0.25, -0.2) is 4.98 Å². The average molecular weight is 249 g/mol. The topological polar surface area (TPSA) is 31.4 Å². The maximum absolute atomic E-state index is 5.42. The first-order valence-corrected chi connectivity index (χ1v) is 6.18. The summed E-state index contributed by atoms with van der Waals surface area (Å²) < 4.78 is 10.7. The van der Waals surface area contributed by atoms with Crippen LogP contribution in [0.1, 0.15) is 10.6 Å². The molecule has 0 fully saturated rings. The van der Waals surface area contributed by atoms with Crippen molar-refractivity contribution in [2.24, 2.45) is 0 Å². The van der Waals surface area contributed by atoms with Gasteiger partial charge in [0.1, 0.15) is 11.5 Å². The minimum atomic E-state index is 0.798. The van der Waals surface area contributed by atoms with E-state index in [0.717, 1.165) is 33.3 Å². The number of benzene rings is 1. The average Bonchev–Trinajstić information content (AvgIpc) is 2.74. The van der Waals surface area contributed by atoms with Crippen LogP contribution in [0.5, 0.6) is 11.5 Å². The third kappa shape index (κ3) is 2.26. The van der Waals surface area contributed by atoms with Gasteiger partial charge in [0.05, 0.1) is 24.9 Å². The van der Waals surface area contributed by atoms with E-state index in [-0.39, 0.29) is 0 Å². The molecule has 0 radical (unpaired) electrons. The van der Waals surface area contributed by atoms with Crippen LogP contribution in [0.4, 0.5) is 0 Å². The molecule has 1 aromatic heterocycles. The molecule has 1 heterocycles. The second-order valence-corrected chi connectivity index (χ2v) is 4.84. The molecule has 17 heavy (non-hydrogen) atoms. The lowest BCUT2D eigenvalue weighted by atomic mass is 10.0. The molecule has 0 aliphatic heterocycles. The van der Waals surface area contributed by atoms with Gasteiger partial charge in [-0.2, -0.15) is 0 Å². The molecule has 2 rings (SSSR count). The molecular weight excluding hydrogens is 234 g/mol. The molecule has 0 aliphatic carbocycles. The Kier molecular flexibility index (Phi) is 3.33. The molecular formula is C13H15NO2S. The summed E-state index contributed by atoms with van der Waals surface area (Å²) in [5, 5.41) is 3.10. The van der Waals surface area contributed by atoms with Crippen molar-refractivity contribution < 1.29 is 9.47 Å². The lowest BCUT2D eigenvalue weighted by molar-refractivity contribution is 0.395. The first-order chi connectivity index (χ1) is 8.15. The normalized spacial score (nSPS) is 10.4. The number of aryl methyl sites for hydroxylation is 2. The third-order valence-corrected chi connectivity index (χ3v) is 3.38. The fraction of sp³-hybridized carbons (Fsp3) is 0.308. The Morgan fingerprint density at radius 2 is 1.88 bits per heavy atom. The van der Waals surface area contributed by atoms with Gasteiger partial charge < -0.3 is 9.47 Å². The van der Waals surface area contributed by atoms with E-state index in [1.807, 2.05) is 31.4 Å². The predicted octanol–water partition coefficient (Wildman–Crippen LogP) is 3.44. The largest absolute Gasteiger partial charge is 0.497 e. The van der Waals surface area contributed by atoms with Crippen molar-refractivity contribution >= 4 is 11.3 Å². The van der Waals surface area contributed by atoms with Crippen LogP contribution in [0, 0.1) is 13.8 Å². The second kappa shape index (κ2) is 4.75. The first-order valence-electron chi connectivity index (χ1n) is 5.31. The van der Waals surface area contributed by atoms with E-state index in [2.05, 4.69) is 4.98 Å². The molecule has 0 amide bonds. The number of ether oxygens (including phenoxy) is 2. The van der Waals surface area contributed by atoms with Crippen LogP contribution in [-0.4, -0.2) is 19.2 Å². The van der Waals surface area contributed by atoms with Gasteiger partial charge >= 0.3 is 0 Å². The molecule has 0 unspecified atom stereocenters. The SMILES string of the molecule is COc1cc(C)c(-c2csc(C)n2)c(OC)c1. The van der Waals surface area contributed by atoms with Crippen LogP contribution in [-0.2, 0) is 0 Å². The zero-order valence-corrected chi connectivity index (χ0v) is 11.2. The zero-order valence-electron chi connectivity index (χ0n) is 10.4. The van der Waals surface area contributed by atoms with Gasteiger partial charge in [-0.05, 0) is 25.5 Å². The van der Waals surface area contributed by atoms with Crippen LogP contribution >= 0.6 is 11.3 Å². The maximum atomic E-state index is 5.42. The Balaban J connectivity index is 2.60. The minimum absolute atomic E-state index is 0.798. The molecule has 90 valence electrons. The summed E-state index contributed by atoms with van der Waals surface area (Å²) in [5.41, 5.74) is 3.11. The van der Waals surface area contributed by atoms with Gasteiger partial charge in [0.15, 0.2) is 0 Å². The van der Waals surface area contributed by atoms with Crippen LogP contribution in [0.25, 0.3) is 11.3 Å². The molecule has 0 saturated heterocycles. The number of nitrogens with zero attached hydrogens (tertiary/aromatic N) is 1. The van der Waals surface area contributed by atoms with Crippen molar-refractivity contribution in [2.75, 3.05) is 14.2 Å². The number of rotatable bonds is 3. The van der Waals surface area contributed by atoms with E-state index >= 15 is 0 Å². The lowest BCUT2D eigenvalue weighted by Crippen LogP contribution is -1.94. The van der Waals surface area contributed by atoms with E-state index in [9.17, 15) is 0 Å². The molecule has 0 N–H and O–H groups in total. The van der Waals surface area contributed by atoms with Crippen LogP contribution in [0.15, 0.2) is 17.5 Å². The second-order valence-electron chi connectivity index (χ2n) is 3.77. The van der Waals surface area contributed by atoms with Crippen molar-refractivity contribution in [3.63, 3.8) is 0 Å². The van der Waals surface area contributed by atoms with Gasteiger partial charge in [-0.15, -0.1) is 11.3 Å². The van der Waals surface area contributed by atoms with Crippen LogP contribution in [0.3, 0.4) is 0 Å². The highest BCUT2D eigenvalue weighted by molar-refractivity contribution is 7.09. The molecule has 0 aliphatic rings.